The van der Waals surface area contributed by atoms with Crippen molar-refractivity contribution >= 4 is 23.3 Å². The van der Waals surface area contributed by atoms with Crippen LogP contribution in [0.3, 0.4) is 0 Å². The van der Waals surface area contributed by atoms with Gasteiger partial charge >= 0.3 is 5.97 Å². The summed E-state index contributed by atoms with van der Waals surface area (Å²) >= 11 is 1.06. The van der Waals surface area contributed by atoms with Gasteiger partial charge in [-0.1, -0.05) is 13.8 Å². The van der Waals surface area contributed by atoms with Crippen molar-refractivity contribution in [3.63, 3.8) is 0 Å². The van der Waals surface area contributed by atoms with Gasteiger partial charge in [0.2, 0.25) is 5.95 Å². The Morgan fingerprint density at radius 1 is 1.26 bits per heavy atom. The van der Waals surface area contributed by atoms with Gasteiger partial charge in [-0.05, 0) is 68.4 Å². The molecule has 0 saturated heterocycles. The molecule has 0 unspecified atom stereocenters. The highest BCUT2D eigenvalue weighted by molar-refractivity contribution is 7.14. The summed E-state index contributed by atoms with van der Waals surface area (Å²) in [6, 6.07) is 7.15. The Bertz CT molecular complexity index is 1180. The fourth-order valence-corrected chi connectivity index (χ4v) is 5.19. The molecule has 3 heterocycles. The summed E-state index contributed by atoms with van der Waals surface area (Å²) in [5.41, 5.74) is 3.15. The second-order valence-electron chi connectivity index (χ2n) is 9.12. The van der Waals surface area contributed by atoms with Crippen molar-refractivity contribution in [2.75, 3.05) is 12.4 Å². The molecule has 1 saturated carbocycles. The highest BCUT2D eigenvalue weighted by Gasteiger charge is 2.29. The van der Waals surface area contributed by atoms with Gasteiger partial charge in [0.05, 0.1) is 35.4 Å². The maximum atomic E-state index is 14.3. The van der Waals surface area contributed by atoms with E-state index in [0.717, 1.165) is 52.4 Å². The van der Waals surface area contributed by atoms with Crippen LogP contribution in [0.25, 0.3) is 10.6 Å². The number of thiophene rings is 1. The second kappa shape index (κ2) is 11.1. The lowest BCUT2D eigenvalue weighted by molar-refractivity contribution is -0.147. The van der Waals surface area contributed by atoms with Crippen LogP contribution in [0.15, 0.2) is 30.5 Å². The first kappa shape index (κ1) is 25.0. The van der Waals surface area contributed by atoms with Gasteiger partial charge in [0.15, 0.2) is 5.13 Å². The maximum absolute atomic E-state index is 14.3. The standard InChI is InChI=1S/C26H31FN4O3S/c1-15(2)20-10-11-28-26(31-20)29-14-18-13-23(27)35-24(18)21-8-9-22(16(3)30-21)34-19-7-5-6-17(12-19)25(32)33-4/h8-11,13,15,17,19H,5-7,12,14H2,1-4H3,(H,28,29,31)/t17-,19-/m0/s1. The monoisotopic (exact) mass is 498 g/mol. The quantitative estimate of drug-likeness (QED) is 0.387. The number of carbonyl (C=O) groups excluding carboxylic acids is 1. The number of aryl methyl sites for hydroxylation is 1. The van der Waals surface area contributed by atoms with E-state index in [4.69, 9.17) is 14.5 Å². The van der Waals surface area contributed by atoms with E-state index >= 15 is 0 Å². The van der Waals surface area contributed by atoms with Crippen LogP contribution in [0.4, 0.5) is 10.3 Å². The number of rotatable bonds is 8. The molecule has 0 spiro atoms. The van der Waals surface area contributed by atoms with Crippen molar-refractivity contribution in [1.82, 2.24) is 15.0 Å². The molecule has 1 fully saturated rings. The normalized spacial score (nSPS) is 17.9. The van der Waals surface area contributed by atoms with E-state index in [1.807, 2.05) is 25.1 Å². The van der Waals surface area contributed by atoms with Crippen LogP contribution in [0.5, 0.6) is 5.75 Å². The number of ether oxygens (including phenoxy) is 2. The largest absolute Gasteiger partial charge is 0.489 e. The molecule has 1 N–H and O–H groups in total. The molecule has 1 aliphatic rings. The number of hydrogen-bond acceptors (Lipinski definition) is 8. The molecule has 9 heteroatoms. The topological polar surface area (TPSA) is 86.2 Å². The molecule has 3 aromatic rings. The van der Waals surface area contributed by atoms with Crippen molar-refractivity contribution in [2.45, 2.75) is 65.0 Å². The summed E-state index contributed by atoms with van der Waals surface area (Å²) in [7, 11) is 1.42. The van der Waals surface area contributed by atoms with E-state index in [1.54, 1.807) is 6.20 Å². The predicted molar refractivity (Wildman–Crippen MR) is 134 cm³/mol. The number of anilines is 1. The zero-order valence-electron chi connectivity index (χ0n) is 20.5. The van der Waals surface area contributed by atoms with Crippen molar-refractivity contribution in [3.05, 3.63) is 52.5 Å². The van der Waals surface area contributed by atoms with Gasteiger partial charge in [0.1, 0.15) is 5.75 Å². The van der Waals surface area contributed by atoms with Crippen molar-refractivity contribution in [2.24, 2.45) is 5.92 Å². The van der Waals surface area contributed by atoms with Crippen LogP contribution in [0.2, 0.25) is 0 Å². The summed E-state index contributed by atoms with van der Waals surface area (Å²) < 4.78 is 25.4. The summed E-state index contributed by atoms with van der Waals surface area (Å²) in [6.45, 7) is 6.41. The molecule has 0 aliphatic heterocycles. The second-order valence-corrected chi connectivity index (χ2v) is 10.1. The first-order chi connectivity index (χ1) is 16.8. The number of halogens is 1. The molecular formula is C26H31FN4O3S. The summed E-state index contributed by atoms with van der Waals surface area (Å²) in [5.74, 6) is 1.19. The zero-order chi connectivity index (χ0) is 24.9. The van der Waals surface area contributed by atoms with Gasteiger partial charge in [-0.2, -0.15) is 4.39 Å². The minimum atomic E-state index is -0.274. The summed E-state index contributed by atoms with van der Waals surface area (Å²) in [6.07, 6.45) is 4.95. The van der Waals surface area contributed by atoms with Crippen molar-refractivity contribution in [1.29, 1.82) is 0 Å². The number of nitrogens with one attached hydrogen (secondary N) is 1. The number of methoxy groups -OCH3 is 1. The zero-order valence-corrected chi connectivity index (χ0v) is 21.3. The Hall–Kier alpha value is -3.07. The molecule has 3 aromatic heterocycles. The molecule has 0 radical (unpaired) electrons. The van der Waals surface area contributed by atoms with Gasteiger partial charge in [-0.15, -0.1) is 11.3 Å². The lowest BCUT2D eigenvalue weighted by atomic mass is 9.87. The van der Waals surface area contributed by atoms with E-state index in [9.17, 15) is 9.18 Å². The van der Waals surface area contributed by atoms with Gasteiger partial charge in [-0.3, -0.25) is 4.79 Å². The molecule has 2 atom stereocenters. The van der Waals surface area contributed by atoms with Crippen LogP contribution in [-0.4, -0.2) is 34.1 Å². The van der Waals surface area contributed by atoms with Crippen molar-refractivity contribution in [3.8, 4) is 16.3 Å². The number of hydrogen-bond donors (Lipinski definition) is 1. The molecular weight excluding hydrogens is 467 g/mol. The smallest absolute Gasteiger partial charge is 0.308 e. The van der Waals surface area contributed by atoms with Crippen LogP contribution in [-0.2, 0) is 16.1 Å². The SMILES string of the molecule is COC(=O)[C@H]1CCC[C@H](Oc2ccc(-c3sc(F)cc3CNc3nccc(C(C)C)n3)nc2C)C1. The van der Waals surface area contributed by atoms with Gasteiger partial charge in [0.25, 0.3) is 0 Å². The minimum absolute atomic E-state index is 0.0558. The Kier molecular flexibility index (Phi) is 7.95. The summed E-state index contributed by atoms with van der Waals surface area (Å²) in [4.78, 5) is 26.2. The number of nitrogens with zero attached hydrogens (tertiary/aromatic N) is 3. The van der Waals surface area contributed by atoms with E-state index in [1.165, 1.54) is 13.2 Å². The average molecular weight is 499 g/mol. The number of pyridine rings is 1. The highest BCUT2D eigenvalue weighted by Crippen LogP contribution is 2.34. The third kappa shape index (κ3) is 6.14. The third-order valence-corrected chi connectivity index (χ3v) is 7.20. The molecule has 7 nitrogen and oxygen atoms in total. The predicted octanol–water partition coefficient (Wildman–Crippen LogP) is 5.89. The fourth-order valence-electron chi connectivity index (χ4n) is 4.31. The molecule has 0 aromatic carbocycles. The minimum Gasteiger partial charge on any atom is -0.489 e. The molecule has 1 aliphatic carbocycles. The van der Waals surface area contributed by atoms with Crippen molar-refractivity contribution < 1.29 is 18.7 Å². The molecule has 0 amide bonds. The van der Waals surface area contributed by atoms with Gasteiger partial charge < -0.3 is 14.8 Å². The molecule has 186 valence electrons. The van der Waals surface area contributed by atoms with Gasteiger partial charge in [-0.25, -0.2) is 15.0 Å². The van der Waals surface area contributed by atoms with E-state index in [-0.39, 0.29) is 23.1 Å². The highest BCUT2D eigenvalue weighted by atomic mass is 32.1. The Morgan fingerprint density at radius 3 is 2.83 bits per heavy atom. The lowest BCUT2D eigenvalue weighted by Gasteiger charge is -2.28. The van der Waals surface area contributed by atoms with E-state index in [2.05, 4.69) is 29.1 Å². The first-order valence-corrected chi connectivity index (χ1v) is 12.7. The van der Waals surface area contributed by atoms with Crippen LogP contribution >= 0.6 is 11.3 Å². The third-order valence-electron chi connectivity index (χ3n) is 6.21. The fraction of sp³-hybridized carbons (Fsp3) is 0.462. The molecule has 35 heavy (non-hydrogen) atoms. The molecule has 0 bridgehead atoms. The Labute approximate surface area is 209 Å². The Morgan fingerprint density at radius 2 is 2.09 bits per heavy atom. The van der Waals surface area contributed by atoms with Crippen LogP contribution in [0.1, 0.15) is 62.4 Å². The van der Waals surface area contributed by atoms with Crippen LogP contribution < -0.4 is 10.1 Å². The number of carbonyl (C=O) groups is 1. The Balaban J connectivity index is 1.47. The lowest BCUT2D eigenvalue weighted by Crippen LogP contribution is -2.30. The molecule has 4 rings (SSSR count). The average Bonchev–Trinajstić information content (AvgIpc) is 3.24. The van der Waals surface area contributed by atoms with E-state index in [0.29, 0.717) is 36.3 Å². The maximum Gasteiger partial charge on any atom is 0.308 e. The van der Waals surface area contributed by atoms with Crippen LogP contribution in [0, 0.1) is 18.0 Å². The van der Waals surface area contributed by atoms with E-state index < -0.39 is 0 Å². The number of esters is 1. The summed E-state index contributed by atoms with van der Waals surface area (Å²) in [5, 5.41) is 2.93. The van der Waals surface area contributed by atoms with Gasteiger partial charge in [0, 0.05) is 18.4 Å². The number of aromatic nitrogens is 3. The first-order valence-electron chi connectivity index (χ1n) is 11.9.